The number of hydrogen-bond acceptors (Lipinski definition) is 3. The first-order valence-electron chi connectivity index (χ1n) is 0.958. The highest BCUT2D eigenvalue weighted by atomic mass is 35.5. The molecule has 5 heteroatoms. The molecule has 0 radical (unpaired) electrons. The zero-order valence-corrected chi connectivity index (χ0v) is 3.96. The molecule has 0 spiro atoms. The summed E-state index contributed by atoms with van der Waals surface area (Å²) in [5.41, 5.74) is 1.99. The lowest BCUT2D eigenvalue weighted by atomic mass is 11.4. The lowest BCUT2D eigenvalue weighted by Gasteiger charge is -1.77. The maximum absolute atomic E-state index is 7.64. The largest absolute Gasteiger partial charge is 0.412 e. The first-order valence-corrected chi connectivity index (χ1v) is 0.958. The van der Waals surface area contributed by atoms with Crippen LogP contribution in [0.15, 0.2) is 0 Å². The van der Waals surface area contributed by atoms with Gasteiger partial charge in [-0.15, -0.1) is 12.4 Å². The second-order valence-corrected chi connectivity index (χ2v) is 0.362. The zero-order valence-electron chi connectivity index (χ0n) is 3.14. The van der Waals surface area contributed by atoms with Crippen LogP contribution in [-0.2, 0) is 0 Å². The molecule has 0 fully saturated rings. The highest BCUT2D eigenvalue weighted by Gasteiger charge is 1.50. The standard InChI is InChI=1S/CH6N2O.ClH.H2O/c2-3-1-4;;/h3-4H,1-2H2;1H;1H2. The highest BCUT2D eigenvalue weighted by molar-refractivity contribution is 5.85. The molecule has 0 aliphatic rings. The van der Waals surface area contributed by atoms with Gasteiger partial charge in [0.1, 0.15) is 6.73 Å². The van der Waals surface area contributed by atoms with Crippen molar-refractivity contribution in [1.82, 2.24) is 5.43 Å². The van der Waals surface area contributed by atoms with Gasteiger partial charge in [0, 0.05) is 0 Å². The number of hydrogen-bond donors (Lipinski definition) is 3. The van der Waals surface area contributed by atoms with E-state index in [1.54, 1.807) is 0 Å². The Balaban J connectivity index is -0.0000000450. The maximum atomic E-state index is 7.64. The fourth-order valence-electron chi connectivity index (χ4n) is 0. The SMILES string of the molecule is Cl.NNCO.O. The van der Waals surface area contributed by atoms with Gasteiger partial charge in [-0.05, 0) is 0 Å². The molecule has 0 atom stereocenters. The third-order valence-corrected chi connectivity index (χ3v) is 0.0913. The van der Waals surface area contributed by atoms with Crippen LogP contribution in [-0.4, -0.2) is 17.3 Å². The number of rotatable bonds is 1. The minimum atomic E-state index is -0.153. The van der Waals surface area contributed by atoms with Gasteiger partial charge < -0.3 is 10.6 Å². The lowest BCUT2D eigenvalue weighted by Crippen LogP contribution is -2.21. The van der Waals surface area contributed by atoms with Crippen LogP contribution in [0.3, 0.4) is 0 Å². The molecule has 0 saturated heterocycles. The average molecular weight is 117 g/mol. The molecule has 0 aliphatic heterocycles. The number of nitrogens with two attached hydrogens (primary N) is 1. The molecule has 0 heterocycles. The van der Waals surface area contributed by atoms with Crippen molar-refractivity contribution in [3.63, 3.8) is 0 Å². The van der Waals surface area contributed by atoms with Crippen LogP contribution in [0.25, 0.3) is 0 Å². The van der Waals surface area contributed by atoms with Crippen molar-refractivity contribution in [3.8, 4) is 0 Å². The fraction of sp³-hybridized carbons (Fsp3) is 1.00. The van der Waals surface area contributed by atoms with E-state index in [1.807, 2.05) is 5.43 Å². The molecule has 0 amide bonds. The molecule has 42 valence electrons. The van der Waals surface area contributed by atoms with Crippen molar-refractivity contribution < 1.29 is 10.6 Å². The quantitative estimate of drug-likeness (QED) is 0.210. The van der Waals surface area contributed by atoms with Crippen LogP contribution >= 0.6 is 12.4 Å². The van der Waals surface area contributed by atoms with E-state index >= 15 is 0 Å². The van der Waals surface area contributed by atoms with Gasteiger partial charge in [-0.25, -0.2) is 5.43 Å². The van der Waals surface area contributed by atoms with E-state index in [2.05, 4.69) is 5.84 Å². The van der Waals surface area contributed by atoms with Crippen LogP contribution in [0.4, 0.5) is 0 Å². The van der Waals surface area contributed by atoms with Crippen molar-refractivity contribution >= 4 is 12.4 Å². The molecule has 0 aliphatic carbocycles. The van der Waals surface area contributed by atoms with E-state index in [-0.39, 0.29) is 24.6 Å². The Bertz CT molecular complexity index is 13.5. The van der Waals surface area contributed by atoms with Crippen molar-refractivity contribution in [1.29, 1.82) is 0 Å². The predicted molar refractivity (Wildman–Crippen MR) is 25.3 cm³/mol. The molecule has 0 unspecified atom stereocenters. The van der Waals surface area contributed by atoms with E-state index in [1.165, 1.54) is 0 Å². The molecule has 6 N–H and O–H groups in total. The van der Waals surface area contributed by atoms with Crippen LogP contribution in [0.1, 0.15) is 0 Å². The van der Waals surface area contributed by atoms with Crippen molar-refractivity contribution in [2.24, 2.45) is 5.84 Å². The number of halogens is 1. The third-order valence-electron chi connectivity index (χ3n) is 0.0913. The molecule has 0 bridgehead atoms. The van der Waals surface area contributed by atoms with Crippen molar-refractivity contribution in [2.45, 2.75) is 0 Å². The minimum absolute atomic E-state index is 0. The summed E-state index contributed by atoms with van der Waals surface area (Å²) in [6, 6.07) is 0. The Kier molecular flexibility index (Phi) is 52.9. The summed E-state index contributed by atoms with van der Waals surface area (Å²) in [7, 11) is 0. The molecule has 4 nitrogen and oxygen atoms in total. The Morgan fingerprint density at radius 2 is 1.83 bits per heavy atom. The van der Waals surface area contributed by atoms with Gasteiger partial charge in [0.15, 0.2) is 0 Å². The first kappa shape index (κ1) is 16.5. The number of hydrazine groups is 1. The smallest absolute Gasteiger partial charge is 0.105 e. The third kappa shape index (κ3) is 31.7. The van der Waals surface area contributed by atoms with Gasteiger partial charge >= 0.3 is 0 Å². The average Bonchev–Trinajstić information content (AvgIpc) is 1.37. The Morgan fingerprint density at radius 3 is 1.83 bits per heavy atom. The van der Waals surface area contributed by atoms with E-state index < -0.39 is 0 Å². The van der Waals surface area contributed by atoms with Crippen molar-refractivity contribution in [3.05, 3.63) is 0 Å². The Labute approximate surface area is 42.0 Å². The summed E-state index contributed by atoms with van der Waals surface area (Å²) >= 11 is 0. The lowest BCUT2D eigenvalue weighted by molar-refractivity contribution is 0.263. The summed E-state index contributed by atoms with van der Waals surface area (Å²) in [6.07, 6.45) is 0. The van der Waals surface area contributed by atoms with Gasteiger partial charge in [0.2, 0.25) is 0 Å². The van der Waals surface area contributed by atoms with Crippen molar-refractivity contribution in [2.75, 3.05) is 6.73 Å². The molecule has 6 heavy (non-hydrogen) atoms. The highest BCUT2D eigenvalue weighted by Crippen LogP contribution is 1.18. The molecular weight excluding hydrogens is 107 g/mol. The van der Waals surface area contributed by atoms with Gasteiger partial charge in [-0.2, -0.15) is 0 Å². The van der Waals surface area contributed by atoms with Crippen LogP contribution in [0.5, 0.6) is 0 Å². The summed E-state index contributed by atoms with van der Waals surface area (Å²) in [4.78, 5) is 0. The van der Waals surface area contributed by atoms with E-state index in [4.69, 9.17) is 5.11 Å². The molecule has 0 rings (SSSR count). The van der Waals surface area contributed by atoms with Crippen LogP contribution < -0.4 is 11.3 Å². The van der Waals surface area contributed by atoms with E-state index in [0.717, 1.165) is 0 Å². The second kappa shape index (κ2) is 19.3. The van der Waals surface area contributed by atoms with Gasteiger partial charge in [-0.3, -0.25) is 5.84 Å². The van der Waals surface area contributed by atoms with Crippen LogP contribution in [0.2, 0.25) is 0 Å². The van der Waals surface area contributed by atoms with Gasteiger partial charge in [0.05, 0.1) is 0 Å². The van der Waals surface area contributed by atoms with Gasteiger partial charge in [0.25, 0.3) is 0 Å². The normalized spacial score (nSPS) is 5.00. The Hall–Kier alpha value is 0.130. The van der Waals surface area contributed by atoms with Crippen LogP contribution in [0, 0.1) is 0 Å². The maximum Gasteiger partial charge on any atom is 0.105 e. The summed E-state index contributed by atoms with van der Waals surface area (Å²) in [6.45, 7) is -0.153. The summed E-state index contributed by atoms with van der Waals surface area (Å²) in [5, 5.41) is 7.64. The molecule has 0 aromatic carbocycles. The van der Waals surface area contributed by atoms with E-state index in [9.17, 15) is 0 Å². The number of aliphatic hydroxyl groups is 1. The fourth-order valence-corrected chi connectivity index (χ4v) is 0. The molecule has 0 aromatic heterocycles. The number of nitrogens with one attached hydrogen (secondary N) is 1. The molecule has 0 saturated carbocycles. The van der Waals surface area contributed by atoms with Gasteiger partial charge in [-0.1, -0.05) is 0 Å². The molecule has 0 aromatic rings. The predicted octanol–water partition coefficient (Wildman–Crippen LogP) is -2.00. The Morgan fingerprint density at radius 1 is 1.67 bits per heavy atom. The topological polar surface area (TPSA) is 89.8 Å². The monoisotopic (exact) mass is 116 g/mol. The minimum Gasteiger partial charge on any atom is -0.412 e. The first-order chi connectivity index (χ1) is 1.91. The summed E-state index contributed by atoms with van der Waals surface area (Å²) < 4.78 is 0. The number of aliphatic hydroxyl groups excluding tert-OH is 1. The zero-order chi connectivity index (χ0) is 3.41. The van der Waals surface area contributed by atoms with E-state index in [0.29, 0.717) is 0 Å². The second-order valence-electron chi connectivity index (χ2n) is 0.362. The molecular formula is CH9ClN2O2. The summed E-state index contributed by atoms with van der Waals surface area (Å²) in [5.74, 6) is 4.53.